The summed E-state index contributed by atoms with van der Waals surface area (Å²) in [5, 5.41) is 7.22. The SMILES string of the molecule is CC(C)Cn1c(=O)c2ccc(C(=O)NC(C)C)cc2n2c(=O)n(CC(N)=O)nc12. The van der Waals surface area contributed by atoms with Crippen LogP contribution >= 0.6 is 0 Å². The van der Waals surface area contributed by atoms with Crippen LogP contribution in [0.2, 0.25) is 0 Å². The van der Waals surface area contributed by atoms with Crippen LogP contribution in [0.25, 0.3) is 16.7 Å². The lowest BCUT2D eigenvalue weighted by molar-refractivity contribution is -0.118. The molecule has 3 rings (SSSR count). The summed E-state index contributed by atoms with van der Waals surface area (Å²) in [7, 11) is 0. The molecule has 0 aliphatic rings. The van der Waals surface area contributed by atoms with Gasteiger partial charge < -0.3 is 11.1 Å². The average molecular weight is 400 g/mol. The van der Waals surface area contributed by atoms with Gasteiger partial charge in [0.05, 0.1) is 10.9 Å². The van der Waals surface area contributed by atoms with Gasteiger partial charge in [-0.3, -0.25) is 19.0 Å². The molecular formula is C19H24N6O4. The zero-order chi connectivity index (χ0) is 21.5. The Morgan fingerprint density at radius 2 is 1.86 bits per heavy atom. The van der Waals surface area contributed by atoms with E-state index in [0.29, 0.717) is 12.1 Å². The van der Waals surface area contributed by atoms with Crippen molar-refractivity contribution in [1.82, 2.24) is 24.1 Å². The van der Waals surface area contributed by atoms with Gasteiger partial charge in [-0.2, -0.15) is 0 Å². The molecule has 29 heavy (non-hydrogen) atoms. The number of hydrogen-bond acceptors (Lipinski definition) is 5. The molecule has 2 aromatic heterocycles. The number of amides is 2. The Hall–Kier alpha value is -3.43. The van der Waals surface area contributed by atoms with E-state index < -0.39 is 18.1 Å². The molecule has 0 radical (unpaired) electrons. The maximum absolute atomic E-state index is 13.1. The smallest absolute Gasteiger partial charge is 0.352 e. The van der Waals surface area contributed by atoms with E-state index >= 15 is 0 Å². The predicted molar refractivity (Wildman–Crippen MR) is 108 cm³/mol. The molecule has 10 nitrogen and oxygen atoms in total. The van der Waals surface area contributed by atoms with Crippen molar-refractivity contribution in [2.45, 2.75) is 46.8 Å². The number of nitrogens with two attached hydrogens (primary N) is 1. The van der Waals surface area contributed by atoms with E-state index in [2.05, 4.69) is 10.4 Å². The monoisotopic (exact) mass is 400 g/mol. The van der Waals surface area contributed by atoms with Crippen molar-refractivity contribution in [3.05, 3.63) is 44.6 Å². The van der Waals surface area contributed by atoms with Crippen LogP contribution in [0.3, 0.4) is 0 Å². The molecule has 0 aliphatic heterocycles. The summed E-state index contributed by atoms with van der Waals surface area (Å²) in [5.41, 5.74) is 4.84. The van der Waals surface area contributed by atoms with E-state index in [1.807, 2.05) is 27.7 Å². The first-order valence-corrected chi connectivity index (χ1v) is 9.35. The van der Waals surface area contributed by atoms with Crippen molar-refractivity contribution in [2.24, 2.45) is 11.7 Å². The molecule has 0 saturated heterocycles. The Balaban J connectivity index is 2.39. The first kappa shape index (κ1) is 20.3. The second kappa shape index (κ2) is 7.53. The third kappa shape index (κ3) is 3.78. The van der Waals surface area contributed by atoms with Gasteiger partial charge in [0.1, 0.15) is 6.54 Å². The summed E-state index contributed by atoms with van der Waals surface area (Å²) in [6.45, 7) is 7.46. The molecule has 1 aromatic carbocycles. The fourth-order valence-corrected chi connectivity index (χ4v) is 3.18. The number of fused-ring (bicyclic) bond motifs is 3. The number of primary amides is 1. The van der Waals surface area contributed by atoms with E-state index in [0.717, 1.165) is 4.68 Å². The third-order valence-electron chi connectivity index (χ3n) is 4.31. The van der Waals surface area contributed by atoms with Gasteiger partial charge in [0.15, 0.2) is 0 Å². The van der Waals surface area contributed by atoms with E-state index in [1.54, 1.807) is 6.07 Å². The molecule has 3 N–H and O–H groups in total. The maximum atomic E-state index is 13.1. The highest BCUT2D eigenvalue weighted by atomic mass is 16.2. The van der Waals surface area contributed by atoms with Gasteiger partial charge in [-0.1, -0.05) is 13.8 Å². The Labute approximate surface area is 165 Å². The Kier molecular flexibility index (Phi) is 5.27. The highest BCUT2D eigenvalue weighted by Crippen LogP contribution is 2.15. The number of rotatable bonds is 6. The van der Waals surface area contributed by atoms with E-state index in [-0.39, 0.29) is 40.1 Å². The van der Waals surface area contributed by atoms with Crippen LogP contribution in [0.1, 0.15) is 38.1 Å². The zero-order valence-electron chi connectivity index (χ0n) is 16.8. The number of nitrogens with zero attached hydrogens (tertiary/aromatic N) is 4. The highest BCUT2D eigenvalue weighted by molar-refractivity contribution is 5.98. The molecule has 2 amide bonds. The molecule has 0 bridgehead atoms. The Morgan fingerprint density at radius 1 is 1.17 bits per heavy atom. The van der Waals surface area contributed by atoms with Crippen LogP contribution in [0.5, 0.6) is 0 Å². The first-order valence-electron chi connectivity index (χ1n) is 9.35. The maximum Gasteiger partial charge on any atom is 0.352 e. The van der Waals surface area contributed by atoms with Crippen LogP contribution in [-0.2, 0) is 17.9 Å². The molecule has 0 aliphatic carbocycles. The number of aromatic nitrogens is 4. The first-order chi connectivity index (χ1) is 13.6. The van der Waals surface area contributed by atoms with Gasteiger partial charge in [0.2, 0.25) is 11.7 Å². The number of carbonyl (C=O) groups excluding carboxylic acids is 2. The predicted octanol–water partition coefficient (Wildman–Crippen LogP) is 0.0904. The molecule has 0 unspecified atom stereocenters. The molecule has 0 saturated carbocycles. The summed E-state index contributed by atoms with van der Waals surface area (Å²) in [4.78, 5) is 49.7. The van der Waals surface area contributed by atoms with Crippen molar-refractivity contribution in [3.8, 4) is 0 Å². The van der Waals surface area contributed by atoms with E-state index in [9.17, 15) is 19.2 Å². The highest BCUT2D eigenvalue weighted by Gasteiger charge is 2.20. The van der Waals surface area contributed by atoms with Gasteiger partial charge in [0.25, 0.3) is 11.5 Å². The summed E-state index contributed by atoms with van der Waals surface area (Å²) in [6, 6.07) is 4.49. The van der Waals surface area contributed by atoms with Crippen LogP contribution in [0.15, 0.2) is 27.8 Å². The van der Waals surface area contributed by atoms with Gasteiger partial charge in [0, 0.05) is 18.2 Å². The minimum Gasteiger partial charge on any atom is -0.368 e. The molecule has 2 heterocycles. The average Bonchev–Trinajstić information content (AvgIpc) is 2.93. The Bertz CT molecular complexity index is 1230. The van der Waals surface area contributed by atoms with Gasteiger partial charge in [-0.15, -0.1) is 5.10 Å². The summed E-state index contributed by atoms with van der Waals surface area (Å²) >= 11 is 0. The van der Waals surface area contributed by atoms with Crippen molar-refractivity contribution in [3.63, 3.8) is 0 Å². The quantitative estimate of drug-likeness (QED) is 0.605. The molecule has 154 valence electrons. The molecule has 0 atom stereocenters. The van der Waals surface area contributed by atoms with Crippen LogP contribution in [-0.4, -0.2) is 36.6 Å². The normalized spacial score (nSPS) is 11.7. The molecule has 0 spiro atoms. The lowest BCUT2D eigenvalue weighted by Crippen LogP contribution is -2.31. The third-order valence-corrected chi connectivity index (χ3v) is 4.31. The topological polar surface area (TPSA) is 133 Å². The van der Waals surface area contributed by atoms with Gasteiger partial charge in [-0.05, 0) is 38.0 Å². The zero-order valence-corrected chi connectivity index (χ0v) is 16.8. The molecule has 10 heteroatoms. The second-order valence-electron chi connectivity index (χ2n) is 7.71. The standard InChI is InChI=1S/C19H24N6O4/c1-10(2)8-23-17(28)13-6-5-12(16(27)21-11(3)4)7-14(13)25-18(23)22-24(19(25)29)9-15(20)26/h5-7,10-11H,8-9H2,1-4H3,(H2,20,26)(H,21,27). The van der Waals surface area contributed by atoms with Crippen LogP contribution in [0.4, 0.5) is 0 Å². The molecular weight excluding hydrogens is 376 g/mol. The Morgan fingerprint density at radius 3 is 2.45 bits per heavy atom. The minimum atomic E-state index is -0.727. The summed E-state index contributed by atoms with van der Waals surface area (Å²) < 4.78 is 3.57. The van der Waals surface area contributed by atoms with Crippen LogP contribution in [0, 0.1) is 5.92 Å². The minimum absolute atomic E-state index is 0.0710. The lowest BCUT2D eigenvalue weighted by atomic mass is 10.1. The van der Waals surface area contributed by atoms with Crippen molar-refractivity contribution in [2.75, 3.05) is 0 Å². The summed E-state index contributed by atoms with van der Waals surface area (Å²) in [5.74, 6) is -0.834. The van der Waals surface area contributed by atoms with Crippen molar-refractivity contribution < 1.29 is 9.59 Å². The van der Waals surface area contributed by atoms with Gasteiger partial charge >= 0.3 is 5.69 Å². The molecule has 0 fully saturated rings. The van der Waals surface area contributed by atoms with Crippen molar-refractivity contribution >= 4 is 28.5 Å². The number of benzene rings is 1. The van der Waals surface area contributed by atoms with Gasteiger partial charge in [-0.25, -0.2) is 13.9 Å². The second-order valence-corrected chi connectivity index (χ2v) is 7.71. The van der Waals surface area contributed by atoms with Crippen LogP contribution < -0.4 is 22.3 Å². The van der Waals surface area contributed by atoms with E-state index in [4.69, 9.17) is 5.73 Å². The molecule has 3 aromatic rings. The lowest BCUT2D eigenvalue weighted by Gasteiger charge is -2.13. The number of nitrogens with one attached hydrogen (secondary N) is 1. The number of carbonyl (C=O) groups is 2. The number of hydrogen-bond donors (Lipinski definition) is 2. The summed E-state index contributed by atoms with van der Waals surface area (Å²) in [6.07, 6.45) is 0. The van der Waals surface area contributed by atoms with Crippen molar-refractivity contribution in [1.29, 1.82) is 0 Å². The van der Waals surface area contributed by atoms with E-state index in [1.165, 1.54) is 21.1 Å². The largest absolute Gasteiger partial charge is 0.368 e. The fourth-order valence-electron chi connectivity index (χ4n) is 3.18. The fraction of sp³-hybridized carbons (Fsp3) is 0.421.